The average Bonchev–Trinajstić information content (AvgIpc) is 3.25. The van der Waals surface area contributed by atoms with Crippen LogP contribution in [0.2, 0.25) is 0 Å². The van der Waals surface area contributed by atoms with Crippen LogP contribution in [0.4, 0.5) is 4.39 Å². The van der Waals surface area contributed by atoms with E-state index < -0.39 is 11.9 Å². The van der Waals surface area contributed by atoms with E-state index in [0.717, 1.165) is 44.5 Å². The number of hydrogen-bond acceptors (Lipinski definition) is 3. The van der Waals surface area contributed by atoms with Gasteiger partial charge in [0.15, 0.2) is 0 Å². The molecule has 1 N–H and O–H groups in total. The second-order valence-electron chi connectivity index (χ2n) is 7.95. The first kappa shape index (κ1) is 17.5. The number of carboxylic acids is 1. The Balaban J connectivity index is 1.35. The number of aliphatic carboxylic acids is 1. The maximum absolute atomic E-state index is 13.0. The van der Waals surface area contributed by atoms with E-state index in [1.165, 1.54) is 12.1 Å². The number of halogens is 1. The Kier molecular flexibility index (Phi) is 4.69. The highest BCUT2D eigenvalue weighted by atomic mass is 19.1. The maximum Gasteiger partial charge on any atom is 0.307 e. The van der Waals surface area contributed by atoms with Gasteiger partial charge in [-0.1, -0.05) is 12.1 Å². The van der Waals surface area contributed by atoms with Crippen molar-refractivity contribution < 1.29 is 19.1 Å². The molecular weight excluding hydrogens is 335 g/mol. The van der Waals surface area contributed by atoms with Gasteiger partial charge in [-0.2, -0.15) is 0 Å². The fraction of sp³-hybridized carbons (Fsp3) is 0.600. The Morgan fingerprint density at radius 3 is 2.23 bits per heavy atom. The summed E-state index contributed by atoms with van der Waals surface area (Å²) in [5.41, 5.74) is 1.06. The second-order valence-corrected chi connectivity index (χ2v) is 7.95. The van der Waals surface area contributed by atoms with Crippen molar-refractivity contribution in [3.05, 3.63) is 35.6 Å². The topological polar surface area (TPSA) is 60.9 Å². The Bertz CT molecular complexity index is 685. The summed E-state index contributed by atoms with van der Waals surface area (Å²) in [6.07, 6.45) is 2.85. The van der Waals surface area contributed by atoms with E-state index in [1.807, 2.05) is 4.90 Å². The molecule has 0 aromatic heterocycles. The molecular formula is C20H25FN2O3. The van der Waals surface area contributed by atoms with Gasteiger partial charge in [-0.25, -0.2) is 4.39 Å². The summed E-state index contributed by atoms with van der Waals surface area (Å²) in [5.74, 6) is -1.36. The SMILES string of the molecule is O=C(O)[C@@H]1[C@@H]2CC[C@@H](C2)[C@@H]1C(=O)N1CCN(Cc2ccc(F)cc2)CC1. The van der Waals surface area contributed by atoms with E-state index >= 15 is 0 Å². The smallest absolute Gasteiger partial charge is 0.307 e. The molecule has 0 unspecified atom stereocenters. The van der Waals surface area contributed by atoms with Crippen molar-refractivity contribution in [2.45, 2.75) is 25.8 Å². The normalized spacial score (nSPS) is 31.3. The minimum atomic E-state index is -0.800. The van der Waals surface area contributed by atoms with E-state index in [2.05, 4.69) is 4.90 Å². The molecule has 0 radical (unpaired) electrons. The zero-order valence-electron chi connectivity index (χ0n) is 14.8. The van der Waals surface area contributed by atoms with Gasteiger partial charge in [0.1, 0.15) is 5.82 Å². The van der Waals surface area contributed by atoms with Crippen molar-refractivity contribution >= 4 is 11.9 Å². The van der Waals surface area contributed by atoms with Crippen LogP contribution in [0.15, 0.2) is 24.3 Å². The highest BCUT2D eigenvalue weighted by Gasteiger charge is 2.54. The molecule has 3 aliphatic rings. The minimum Gasteiger partial charge on any atom is -0.481 e. The number of hydrogen-bond donors (Lipinski definition) is 1. The number of piperazine rings is 1. The number of nitrogens with zero attached hydrogens (tertiary/aromatic N) is 2. The van der Waals surface area contributed by atoms with Crippen LogP contribution < -0.4 is 0 Å². The van der Waals surface area contributed by atoms with Gasteiger partial charge in [0.2, 0.25) is 5.91 Å². The molecule has 2 saturated carbocycles. The number of benzene rings is 1. The molecule has 1 heterocycles. The fourth-order valence-electron chi connectivity index (χ4n) is 5.19. The molecule has 4 atom stereocenters. The van der Waals surface area contributed by atoms with Gasteiger partial charge in [0.25, 0.3) is 0 Å². The molecule has 5 nitrogen and oxygen atoms in total. The Morgan fingerprint density at radius 2 is 1.62 bits per heavy atom. The van der Waals surface area contributed by atoms with Crippen molar-refractivity contribution in [1.29, 1.82) is 0 Å². The Labute approximate surface area is 152 Å². The quantitative estimate of drug-likeness (QED) is 0.894. The third-order valence-electron chi connectivity index (χ3n) is 6.49. The van der Waals surface area contributed by atoms with Crippen molar-refractivity contribution in [1.82, 2.24) is 9.80 Å². The molecule has 2 aliphatic carbocycles. The van der Waals surface area contributed by atoms with E-state index in [4.69, 9.17) is 0 Å². The first-order valence-corrected chi connectivity index (χ1v) is 9.51. The monoisotopic (exact) mass is 360 g/mol. The molecule has 140 valence electrons. The molecule has 1 aliphatic heterocycles. The first-order valence-electron chi connectivity index (χ1n) is 9.51. The number of carbonyl (C=O) groups is 2. The Hall–Kier alpha value is -1.95. The minimum absolute atomic E-state index is 0.0473. The molecule has 3 fully saturated rings. The van der Waals surface area contributed by atoms with Gasteiger partial charge in [-0.15, -0.1) is 0 Å². The van der Waals surface area contributed by atoms with Crippen LogP contribution in [-0.4, -0.2) is 53.0 Å². The van der Waals surface area contributed by atoms with Crippen LogP contribution in [-0.2, 0) is 16.1 Å². The van der Waals surface area contributed by atoms with Crippen LogP contribution in [0.5, 0.6) is 0 Å². The lowest BCUT2D eigenvalue weighted by molar-refractivity contribution is -0.153. The van der Waals surface area contributed by atoms with Crippen LogP contribution >= 0.6 is 0 Å². The van der Waals surface area contributed by atoms with Crippen molar-refractivity contribution in [3.8, 4) is 0 Å². The molecule has 4 rings (SSSR count). The maximum atomic E-state index is 13.0. The summed E-state index contributed by atoms with van der Waals surface area (Å²) < 4.78 is 13.0. The number of rotatable bonds is 4. The largest absolute Gasteiger partial charge is 0.481 e. The predicted octanol–water partition coefficient (Wildman–Crippen LogP) is 2.22. The van der Waals surface area contributed by atoms with Crippen LogP contribution in [0.3, 0.4) is 0 Å². The summed E-state index contributed by atoms with van der Waals surface area (Å²) in [6, 6.07) is 6.52. The summed E-state index contributed by atoms with van der Waals surface area (Å²) in [4.78, 5) is 28.8. The number of carbonyl (C=O) groups excluding carboxylic acids is 1. The van der Waals surface area contributed by atoms with Crippen molar-refractivity contribution in [3.63, 3.8) is 0 Å². The molecule has 6 heteroatoms. The van der Waals surface area contributed by atoms with Crippen LogP contribution in [0, 0.1) is 29.5 Å². The van der Waals surface area contributed by atoms with E-state index in [-0.39, 0.29) is 29.5 Å². The van der Waals surface area contributed by atoms with E-state index in [9.17, 15) is 19.1 Å². The average molecular weight is 360 g/mol. The van der Waals surface area contributed by atoms with E-state index in [1.54, 1.807) is 12.1 Å². The van der Waals surface area contributed by atoms with E-state index in [0.29, 0.717) is 13.1 Å². The highest BCUT2D eigenvalue weighted by Crippen LogP contribution is 2.53. The molecule has 1 aromatic rings. The molecule has 1 aromatic carbocycles. The van der Waals surface area contributed by atoms with Crippen LogP contribution in [0.25, 0.3) is 0 Å². The summed E-state index contributed by atoms with van der Waals surface area (Å²) >= 11 is 0. The first-order chi connectivity index (χ1) is 12.5. The third-order valence-corrected chi connectivity index (χ3v) is 6.49. The zero-order valence-corrected chi connectivity index (χ0v) is 14.8. The number of carboxylic acid groups (broad SMARTS) is 1. The highest BCUT2D eigenvalue weighted by molar-refractivity contribution is 5.86. The number of amides is 1. The molecule has 26 heavy (non-hydrogen) atoms. The number of fused-ring (bicyclic) bond motifs is 2. The lowest BCUT2D eigenvalue weighted by atomic mass is 9.78. The Morgan fingerprint density at radius 1 is 1.00 bits per heavy atom. The molecule has 0 spiro atoms. The lowest BCUT2D eigenvalue weighted by Crippen LogP contribution is -2.52. The molecule has 2 bridgehead atoms. The summed E-state index contributed by atoms with van der Waals surface area (Å²) in [6.45, 7) is 3.55. The van der Waals surface area contributed by atoms with Gasteiger partial charge in [-0.05, 0) is 48.8 Å². The molecule has 1 amide bonds. The van der Waals surface area contributed by atoms with Gasteiger partial charge in [-0.3, -0.25) is 14.5 Å². The standard InChI is InChI=1S/C20H25FN2O3/c21-16-5-1-13(2-6-16)12-22-7-9-23(10-8-22)19(24)17-14-3-4-15(11-14)18(17)20(25)26/h1-2,5-6,14-15,17-18H,3-4,7-12H2,(H,25,26)/t14-,15+,17-,18+/m0/s1. The zero-order chi connectivity index (χ0) is 18.3. The third kappa shape index (κ3) is 3.22. The second kappa shape index (κ2) is 6.99. The summed E-state index contributed by atoms with van der Waals surface area (Å²) in [5, 5.41) is 9.57. The van der Waals surface area contributed by atoms with Gasteiger partial charge >= 0.3 is 5.97 Å². The molecule has 1 saturated heterocycles. The van der Waals surface area contributed by atoms with Gasteiger partial charge in [0, 0.05) is 32.7 Å². The summed E-state index contributed by atoms with van der Waals surface area (Å²) in [7, 11) is 0. The van der Waals surface area contributed by atoms with Crippen molar-refractivity contribution in [2.24, 2.45) is 23.7 Å². The van der Waals surface area contributed by atoms with Gasteiger partial charge < -0.3 is 10.0 Å². The van der Waals surface area contributed by atoms with Gasteiger partial charge in [0.05, 0.1) is 11.8 Å². The predicted molar refractivity (Wildman–Crippen MR) is 93.7 cm³/mol. The fourth-order valence-corrected chi connectivity index (χ4v) is 5.19. The van der Waals surface area contributed by atoms with Crippen LogP contribution in [0.1, 0.15) is 24.8 Å². The lowest BCUT2D eigenvalue weighted by Gasteiger charge is -2.38. The van der Waals surface area contributed by atoms with Crippen molar-refractivity contribution in [2.75, 3.05) is 26.2 Å².